The number of methoxy groups -OCH3 is 1. The summed E-state index contributed by atoms with van der Waals surface area (Å²) in [5.41, 5.74) is 4.84. The number of carbonyl (C=O) groups is 1. The van der Waals surface area contributed by atoms with Gasteiger partial charge in [-0.3, -0.25) is 0 Å². The summed E-state index contributed by atoms with van der Waals surface area (Å²) in [7, 11) is 1.63. The molecule has 1 aliphatic rings. The minimum absolute atomic E-state index is 0.0241. The van der Waals surface area contributed by atoms with Crippen LogP contribution in [-0.2, 0) is 12.8 Å². The lowest BCUT2D eigenvalue weighted by molar-refractivity contribution is 0.0690. The number of ether oxygens (including phenoxy) is 1. The zero-order valence-electron chi connectivity index (χ0n) is 16.5. The van der Waals surface area contributed by atoms with Gasteiger partial charge < -0.3 is 14.4 Å². The van der Waals surface area contributed by atoms with Gasteiger partial charge in [0, 0.05) is 35.2 Å². The first-order valence-corrected chi connectivity index (χ1v) is 9.99. The van der Waals surface area contributed by atoms with Crippen LogP contribution in [0, 0.1) is 0 Å². The third kappa shape index (κ3) is 3.43. The number of hydrogen-bond acceptors (Lipinski definition) is 5. The summed E-state index contributed by atoms with van der Waals surface area (Å²) in [6, 6.07) is 13.2. The van der Waals surface area contributed by atoms with Gasteiger partial charge in [0.15, 0.2) is 5.69 Å². The van der Waals surface area contributed by atoms with Crippen molar-refractivity contribution in [2.24, 2.45) is 0 Å². The first-order chi connectivity index (χ1) is 15.0. The predicted octanol–water partition coefficient (Wildman–Crippen LogP) is 4.18. The molecule has 5 rings (SSSR count). The van der Waals surface area contributed by atoms with Crippen molar-refractivity contribution in [1.82, 2.24) is 19.5 Å². The zero-order valence-corrected chi connectivity index (χ0v) is 17.3. The first kappa shape index (κ1) is 19.3. The van der Waals surface area contributed by atoms with Crippen molar-refractivity contribution in [2.45, 2.75) is 12.8 Å². The van der Waals surface area contributed by atoms with Gasteiger partial charge in [-0.15, -0.1) is 0 Å². The molecule has 0 radical (unpaired) electrons. The van der Waals surface area contributed by atoms with Crippen molar-refractivity contribution in [3.8, 4) is 22.7 Å². The second-order valence-electron chi connectivity index (χ2n) is 7.24. The average Bonchev–Trinajstić information content (AvgIpc) is 3.13. The Morgan fingerprint density at radius 3 is 2.74 bits per heavy atom. The highest BCUT2D eigenvalue weighted by atomic mass is 35.5. The van der Waals surface area contributed by atoms with E-state index in [1.807, 2.05) is 36.4 Å². The lowest BCUT2D eigenvalue weighted by Crippen LogP contribution is -2.06. The Kier molecular flexibility index (Phi) is 4.67. The lowest BCUT2D eigenvalue weighted by Gasteiger charge is -2.11. The molecule has 2 aromatic heterocycles. The van der Waals surface area contributed by atoms with E-state index in [1.165, 1.54) is 6.33 Å². The number of imidazole rings is 1. The van der Waals surface area contributed by atoms with E-state index < -0.39 is 5.97 Å². The summed E-state index contributed by atoms with van der Waals surface area (Å²) >= 11 is 6.30. The summed E-state index contributed by atoms with van der Waals surface area (Å²) in [5, 5.41) is 10.1. The number of carboxylic acids is 1. The van der Waals surface area contributed by atoms with E-state index in [9.17, 15) is 9.90 Å². The highest BCUT2D eigenvalue weighted by molar-refractivity contribution is 6.31. The second kappa shape index (κ2) is 7.52. The van der Waals surface area contributed by atoms with Crippen molar-refractivity contribution in [3.05, 3.63) is 88.4 Å². The van der Waals surface area contributed by atoms with Crippen LogP contribution in [0.15, 0.2) is 55.0 Å². The van der Waals surface area contributed by atoms with Gasteiger partial charge in [0.1, 0.15) is 17.9 Å². The second-order valence-corrected chi connectivity index (χ2v) is 7.67. The van der Waals surface area contributed by atoms with Gasteiger partial charge in [-0.1, -0.05) is 23.7 Å². The summed E-state index contributed by atoms with van der Waals surface area (Å²) in [4.78, 5) is 25.2. The monoisotopic (exact) mass is 432 g/mol. The number of carboxylic acid groups (broad SMARTS) is 1. The van der Waals surface area contributed by atoms with Gasteiger partial charge in [0.25, 0.3) is 0 Å². The summed E-state index contributed by atoms with van der Waals surface area (Å²) in [5.74, 6) is 0.391. The van der Waals surface area contributed by atoms with Crippen LogP contribution in [0.3, 0.4) is 0 Å². The topological polar surface area (TPSA) is 90.1 Å². The molecule has 31 heavy (non-hydrogen) atoms. The fourth-order valence-corrected chi connectivity index (χ4v) is 4.01. The van der Waals surface area contributed by atoms with Gasteiger partial charge in [-0.2, -0.15) is 0 Å². The SMILES string of the molecule is COc1ccc(Cc2ncc3c(n2)-c2cc(Cl)ccc2-n2cnc(C(=O)O)c2C3)cc1. The minimum Gasteiger partial charge on any atom is -0.497 e. The highest BCUT2D eigenvalue weighted by Crippen LogP contribution is 2.36. The third-order valence-electron chi connectivity index (χ3n) is 5.34. The van der Waals surface area contributed by atoms with Crippen LogP contribution in [0.1, 0.15) is 33.1 Å². The molecule has 0 saturated carbocycles. The normalized spacial score (nSPS) is 11.8. The van der Waals surface area contributed by atoms with E-state index in [1.54, 1.807) is 23.9 Å². The van der Waals surface area contributed by atoms with Crippen molar-refractivity contribution in [2.75, 3.05) is 7.11 Å². The van der Waals surface area contributed by atoms with Crippen LogP contribution in [0.2, 0.25) is 5.02 Å². The Labute approximate surface area is 183 Å². The highest BCUT2D eigenvalue weighted by Gasteiger charge is 2.26. The van der Waals surface area contributed by atoms with Gasteiger partial charge in [0.2, 0.25) is 0 Å². The molecule has 0 unspecified atom stereocenters. The Morgan fingerprint density at radius 1 is 1.19 bits per heavy atom. The number of aromatic nitrogens is 4. The average molecular weight is 433 g/mol. The van der Waals surface area contributed by atoms with Crippen LogP contribution in [-0.4, -0.2) is 37.7 Å². The van der Waals surface area contributed by atoms with Gasteiger partial charge in [-0.25, -0.2) is 19.7 Å². The number of hydrogen-bond donors (Lipinski definition) is 1. The van der Waals surface area contributed by atoms with Crippen LogP contribution >= 0.6 is 11.6 Å². The number of rotatable bonds is 4. The predicted molar refractivity (Wildman–Crippen MR) is 115 cm³/mol. The van der Waals surface area contributed by atoms with E-state index >= 15 is 0 Å². The van der Waals surface area contributed by atoms with Crippen LogP contribution in [0.25, 0.3) is 16.9 Å². The first-order valence-electron chi connectivity index (χ1n) is 9.61. The molecule has 0 fully saturated rings. The molecular formula is C23H17ClN4O3. The quantitative estimate of drug-likeness (QED) is 0.458. The number of aromatic carboxylic acids is 1. The van der Waals surface area contributed by atoms with Gasteiger partial charge in [-0.05, 0) is 35.9 Å². The molecule has 3 heterocycles. The minimum atomic E-state index is -1.07. The standard InChI is InChI=1S/C23H17ClN4O3/c1-31-16-5-2-13(3-6-16)8-20-25-11-14-9-19-22(23(29)30)26-12-28(19)18-7-4-15(24)10-17(18)21(14)27-20/h2-7,10-12H,8-9H2,1H3,(H,29,30). The van der Waals surface area contributed by atoms with E-state index in [2.05, 4.69) is 9.97 Å². The number of halogens is 1. The Balaban J connectivity index is 1.63. The summed E-state index contributed by atoms with van der Waals surface area (Å²) in [6.07, 6.45) is 4.21. The number of nitrogens with zero attached hydrogens (tertiary/aromatic N) is 4. The van der Waals surface area contributed by atoms with Crippen molar-refractivity contribution in [1.29, 1.82) is 0 Å². The van der Waals surface area contributed by atoms with Gasteiger partial charge in [0.05, 0.1) is 24.2 Å². The van der Waals surface area contributed by atoms with Crippen molar-refractivity contribution >= 4 is 17.6 Å². The van der Waals surface area contributed by atoms with Crippen LogP contribution in [0.5, 0.6) is 5.75 Å². The fraction of sp³-hybridized carbons (Fsp3) is 0.130. The molecule has 0 spiro atoms. The summed E-state index contributed by atoms with van der Waals surface area (Å²) in [6.45, 7) is 0. The Bertz CT molecular complexity index is 1320. The molecule has 2 aromatic carbocycles. The smallest absolute Gasteiger partial charge is 0.356 e. The number of fused-ring (bicyclic) bond motifs is 5. The fourth-order valence-electron chi connectivity index (χ4n) is 3.83. The third-order valence-corrected chi connectivity index (χ3v) is 5.57. The zero-order chi connectivity index (χ0) is 21.5. The van der Waals surface area contributed by atoms with E-state index in [0.717, 1.165) is 33.8 Å². The summed E-state index contributed by atoms with van der Waals surface area (Å²) < 4.78 is 7.01. The molecule has 7 nitrogen and oxygen atoms in total. The van der Waals surface area contributed by atoms with E-state index in [4.69, 9.17) is 21.3 Å². The molecular weight excluding hydrogens is 416 g/mol. The molecule has 8 heteroatoms. The molecule has 0 bridgehead atoms. The van der Waals surface area contributed by atoms with Gasteiger partial charge >= 0.3 is 5.97 Å². The largest absolute Gasteiger partial charge is 0.497 e. The van der Waals surface area contributed by atoms with Crippen LogP contribution < -0.4 is 4.74 Å². The Morgan fingerprint density at radius 2 is 2.00 bits per heavy atom. The molecule has 0 atom stereocenters. The van der Waals surface area contributed by atoms with E-state index in [0.29, 0.717) is 29.4 Å². The van der Waals surface area contributed by atoms with Crippen LogP contribution in [0.4, 0.5) is 0 Å². The molecule has 0 amide bonds. The molecule has 0 aliphatic carbocycles. The number of benzene rings is 2. The molecule has 0 saturated heterocycles. The molecule has 1 aliphatic heterocycles. The van der Waals surface area contributed by atoms with E-state index in [-0.39, 0.29) is 5.69 Å². The lowest BCUT2D eigenvalue weighted by atomic mass is 10.0. The molecule has 154 valence electrons. The maximum absolute atomic E-state index is 11.7. The Hall–Kier alpha value is -3.71. The maximum atomic E-state index is 11.7. The van der Waals surface area contributed by atoms with Crippen molar-refractivity contribution < 1.29 is 14.6 Å². The maximum Gasteiger partial charge on any atom is 0.356 e. The molecule has 4 aromatic rings. The molecule has 1 N–H and O–H groups in total. The van der Waals surface area contributed by atoms with Crippen molar-refractivity contribution in [3.63, 3.8) is 0 Å².